The standard InChI is InChI=1S/C21H21NO4/c23-20(15-6-8-16(9-7-15)21(24)25)22-12-17(14-4-2-1-3-5-14)18-13-26-11-10-19(18)22/h1-9,17-19H,10-13H2,(H,24,25). The minimum absolute atomic E-state index is 0.0303. The molecule has 0 bridgehead atoms. The van der Waals surface area contributed by atoms with Crippen LogP contribution in [-0.2, 0) is 4.74 Å². The monoisotopic (exact) mass is 351 g/mol. The summed E-state index contributed by atoms with van der Waals surface area (Å²) >= 11 is 0. The minimum Gasteiger partial charge on any atom is -0.478 e. The van der Waals surface area contributed by atoms with Crippen molar-refractivity contribution in [1.82, 2.24) is 4.90 Å². The molecule has 2 aromatic rings. The van der Waals surface area contributed by atoms with Crippen LogP contribution < -0.4 is 0 Å². The lowest BCUT2D eigenvalue weighted by atomic mass is 9.84. The van der Waals surface area contributed by atoms with Crippen molar-refractivity contribution in [3.8, 4) is 0 Å². The van der Waals surface area contributed by atoms with Crippen LogP contribution in [0.15, 0.2) is 54.6 Å². The zero-order chi connectivity index (χ0) is 18.1. The van der Waals surface area contributed by atoms with Gasteiger partial charge in [-0.1, -0.05) is 30.3 Å². The van der Waals surface area contributed by atoms with Gasteiger partial charge in [0.1, 0.15) is 0 Å². The molecule has 0 aromatic heterocycles. The molecule has 0 spiro atoms. The first kappa shape index (κ1) is 16.8. The SMILES string of the molecule is O=C(O)c1ccc(C(=O)N2CC(c3ccccc3)C3COCCC32)cc1. The molecule has 1 N–H and O–H groups in total. The van der Waals surface area contributed by atoms with Crippen molar-refractivity contribution in [2.45, 2.75) is 18.4 Å². The van der Waals surface area contributed by atoms with Gasteiger partial charge in [0.15, 0.2) is 0 Å². The van der Waals surface area contributed by atoms with E-state index in [9.17, 15) is 9.59 Å². The quantitative estimate of drug-likeness (QED) is 0.923. The number of hydrogen-bond acceptors (Lipinski definition) is 3. The van der Waals surface area contributed by atoms with Gasteiger partial charge in [0.05, 0.1) is 12.2 Å². The van der Waals surface area contributed by atoms with Crippen molar-refractivity contribution in [2.24, 2.45) is 5.92 Å². The molecule has 0 radical (unpaired) electrons. The number of carboxylic acid groups (broad SMARTS) is 1. The van der Waals surface area contributed by atoms with Crippen LogP contribution >= 0.6 is 0 Å². The van der Waals surface area contributed by atoms with Crippen molar-refractivity contribution in [3.05, 3.63) is 71.3 Å². The predicted octanol–water partition coefficient (Wildman–Crippen LogP) is 3.03. The first-order valence-corrected chi connectivity index (χ1v) is 8.92. The van der Waals surface area contributed by atoms with Gasteiger partial charge >= 0.3 is 5.97 Å². The Hall–Kier alpha value is -2.66. The Kier molecular flexibility index (Phi) is 4.47. The summed E-state index contributed by atoms with van der Waals surface area (Å²) in [6.45, 7) is 2.01. The van der Waals surface area contributed by atoms with Gasteiger partial charge in [0.2, 0.25) is 0 Å². The Balaban J connectivity index is 1.61. The average Bonchev–Trinajstić information content (AvgIpc) is 3.08. The Morgan fingerprint density at radius 1 is 1.00 bits per heavy atom. The molecule has 3 unspecified atom stereocenters. The fraction of sp³-hybridized carbons (Fsp3) is 0.333. The van der Waals surface area contributed by atoms with Crippen LogP contribution in [0.25, 0.3) is 0 Å². The summed E-state index contributed by atoms with van der Waals surface area (Å²) < 4.78 is 5.71. The number of ether oxygens (including phenoxy) is 1. The third-order valence-electron chi connectivity index (χ3n) is 5.54. The topological polar surface area (TPSA) is 66.8 Å². The van der Waals surface area contributed by atoms with Gasteiger partial charge in [-0.15, -0.1) is 0 Å². The molecule has 4 rings (SSSR count). The second-order valence-corrected chi connectivity index (χ2v) is 6.95. The summed E-state index contributed by atoms with van der Waals surface area (Å²) in [5.41, 5.74) is 1.97. The van der Waals surface area contributed by atoms with Crippen LogP contribution in [0.1, 0.15) is 38.6 Å². The van der Waals surface area contributed by atoms with Crippen molar-refractivity contribution >= 4 is 11.9 Å². The fourth-order valence-corrected chi connectivity index (χ4v) is 4.21. The Bertz CT molecular complexity index is 803. The molecule has 0 aliphatic carbocycles. The molecular formula is C21H21NO4. The summed E-state index contributed by atoms with van der Waals surface area (Å²) in [6, 6.07) is 16.7. The lowest BCUT2D eigenvalue weighted by molar-refractivity contribution is 0.0188. The zero-order valence-electron chi connectivity index (χ0n) is 14.4. The van der Waals surface area contributed by atoms with Gasteiger partial charge in [-0.05, 0) is 36.2 Å². The van der Waals surface area contributed by atoms with Crippen molar-refractivity contribution < 1.29 is 19.4 Å². The summed E-state index contributed by atoms with van der Waals surface area (Å²) in [5, 5.41) is 9.03. The third-order valence-corrected chi connectivity index (χ3v) is 5.54. The number of amides is 1. The van der Waals surface area contributed by atoms with Gasteiger partial charge in [0.25, 0.3) is 5.91 Å². The van der Waals surface area contributed by atoms with E-state index in [4.69, 9.17) is 9.84 Å². The molecule has 2 saturated heterocycles. The molecule has 2 aliphatic rings. The van der Waals surface area contributed by atoms with Crippen molar-refractivity contribution in [1.29, 1.82) is 0 Å². The lowest BCUT2D eigenvalue weighted by Crippen LogP contribution is -2.42. The molecule has 26 heavy (non-hydrogen) atoms. The van der Waals surface area contributed by atoms with E-state index in [1.54, 1.807) is 12.1 Å². The number of fused-ring (bicyclic) bond motifs is 1. The van der Waals surface area contributed by atoms with Crippen LogP contribution in [0.2, 0.25) is 0 Å². The largest absolute Gasteiger partial charge is 0.478 e. The second-order valence-electron chi connectivity index (χ2n) is 6.95. The van der Waals surface area contributed by atoms with Crippen LogP contribution in [0.4, 0.5) is 0 Å². The van der Waals surface area contributed by atoms with Crippen molar-refractivity contribution in [2.75, 3.05) is 19.8 Å². The Morgan fingerprint density at radius 3 is 2.38 bits per heavy atom. The molecule has 2 fully saturated rings. The van der Waals surface area contributed by atoms with E-state index in [2.05, 4.69) is 12.1 Å². The molecule has 2 aromatic carbocycles. The molecular weight excluding hydrogens is 330 g/mol. The predicted molar refractivity (Wildman–Crippen MR) is 96.3 cm³/mol. The average molecular weight is 351 g/mol. The summed E-state index contributed by atoms with van der Waals surface area (Å²) in [4.78, 5) is 26.1. The molecule has 0 saturated carbocycles. The van der Waals surface area contributed by atoms with Gasteiger partial charge in [-0.2, -0.15) is 0 Å². The summed E-state index contributed by atoms with van der Waals surface area (Å²) in [5.74, 6) is -0.451. The first-order valence-electron chi connectivity index (χ1n) is 8.92. The van der Waals surface area contributed by atoms with Crippen LogP contribution in [0, 0.1) is 5.92 Å². The number of carbonyl (C=O) groups excluding carboxylic acids is 1. The molecule has 1 amide bonds. The van der Waals surface area contributed by atoms with E-state index in [0.717, 1.165) is 6.42 Å². The number of hydrogen-bond donors (Lipinski definition) is 1. The summed E-state index contributed by atoms with van der Waals surface area (Å²) in [6.07, 6.45) is 0.840. The molecule has 5 heteroatoms. The Labute approximate surface area is 152 Å². The van der Waals surface area contributed by atoms with E-state index in [1.165, 1.54) is 17.7 Å². The smallest absolute Gasteiger partial charge is 0.335 e. The maximum Gasteiger partial charge on any atom is 0.335 e. The van der Waals surface area contributed by atoms with Gasteiger partial charge in [-0.3, -0.25) is 4.79 Å². The van der Waals surface area contributed by atoms with E-state index in [-0.39, 0.29) is 23.4 Å². The highest BCUT2D eigenvalue weighted by molar-refractivity contribution is 5.96. The van der Waals surface area contributed by atoms with Crippen LogP contribution in [-0.4, -0.2) is 47.7 Å². The maximum atomic E-state index is 13.1. The van der Waals surface area contributed by atoms with Crippen LogP contribution in [0.5, 0.6) is 0 Å². The highest BCUT2D eigenvalue weighted by Gasteiger charge is 2.45. The van der Waals surface area contributed by atoms with E-state index in [0.29, 0.717) is 31.2 Å². The van der Waals surface area contributed by atoms with E-state index in [1.807, 2.05) is 23.1 Å². The number of rotatable bonds is 3. The molecule has 5 nitrogen and oxygen atoms in total. The first-order chi connectivity index (χ1) is 12.6. The number of nitrogens with zero attached hydrogens (tertiary/aromatic N) is 1. The van der Waals surface area contributed by atoms with Gasteiger partial charge < -0.3 is 14.7 Å². The number of likely N-dealkylation sites (tertiary alicyclic amines) is 1. The lowest BCUT2D eigenvalue weighted by Gasteiger charge is -2.32. The molecule has 134 valence electrons. The highest BCUT2D eigenvalue weighted by atomic mass is 16.5. The number of aromatic carboxylic acids is 1. The van der Waals surface area contributed by atoms with Gasteiger partial charge in [0, 0.05) is 36.6 Å². The Morgan fingerprint density at radius 2 is 1.69 bits per heavy atom. The number of carboxylic acids is 1. The molecule has 2 aliphatic heterocycles. The fourth-order valence-electron chi connectivity index (χ4n) is 4.21. The number of benzene rings is 2. The second kappa shape index (κ2) is 6.92. The normalized spacial score (nSPS) is 24.9. The minimum atomic E-state index is -0.987. The van der Waals surface area contributed by atoms with E-state index < -0.39 is 5.97 Å². The van der Waals surface area contributed by atoms with Gasteiger partial charge in [-0.25, -0.2) is 4.79 Å². The molecule has 3 atom stereocenters. The third kappa shape index (κ3) is 2.99. The maximum absolute atomic E-state index is 13.1. The summed E-state index contributed by atoms with van der Waals surface area (Å²) in [7, 11) is 0. The highest BCUT2D eigenvalue weighted by Crippen LogP contribution is 2.41. The number of carbonyl (C=O) groups is 2. The zero-order valence-corrected chi connectivity index (χ0v) is 14.4. The molecule has 2 heterocycles. The van der Waals surface area contributed by atoms with E-state index >= 15 is 0 Å². The van der Waals surface area contributed by atoms with Crippen molar-refractivity contribution in [3.63, 3.8) is 0 Å². The van der Waals surface area contributed by atoms with Crippen LogP contribution in [0.3, 0.4) is 0 Å².